The predicted octanol–water partition coefficient (Wildman–Crippen LogP) is 2.42. The fraction of sp³-hybridized carbons (Fsp3) is 1.00. The molecule has 0 fully saturated rings. The van der Waals surface area contributed by atoms with Crippen molar-refractivity contribution in [2.24, 2.45) is 5.92 Å². The number of rotatable bonds is 5. The molecular formula is C9H21N. The minimum Gasteiger partial charge on any atom is -0.315 e. The minimum absolute atomic E-state index is 0.643. The average Bonchev–Trinajstić information content (AvgIpc) is 1.87. The first kappa shape index (κ1) is 9.96. The second-order valence-electron chi connectivity index (χ2n) is 3.41. The van der Waals surface area contributed by atoms with Crippen LogP contribution in [0.25, 0.3) is 0 Å². The molecule has 0 aromatic carbocycles. The van der Waals surface area contributed by atoms with Crippen LogP contribution in [0.3, 0.4) is 0 Å². The van der Waals surface area contributed by atoms with E-state index in [1.165, 1.54) is 19.4 Å². The summed E-state index contributed by atoms with van der Waals surface area (Å²) in [6, 6.07) is 0.643. The van der Waals surface area contributed by atoms with Gasteiger partial charge in [0, 0.05) is 6.04 Å². The summed E-state index contributed by atoms with van der Waals surface area (Å²) in [6.07, 6.45) is 2.62. The Morgan fingerprint density at radius 2 is 1.80 bits per heavy atom. The first-order valence-electron chi connectivity index (χ1n) is 4.40. The van der Waals surface area contributed by atoms with Crippen molar-refractivity contribution in [3.05, 3.63) is 0 Å². The predicted molar refractivity (Wildman–Crippen MR) is 47.2 cm³/mol. The van der Waals surface area contributed by atoms with E-state index in [0.29, 0.717) is 6.04 Å². The molecule has 1 atom stereocenters. The van der Waals surface area contributed by atoms with Crippen molar-refractivity contribution in [1.29, 1.82) is 0 Å². The zero-order valence-electron chi connectivity index (χ0n) is 7.78. The van der Waals surface area contributed by atoms with Gasteiger partial charge in [-0.15, -0.1) is 0 Å². The van der Waals surface area contributed by atoms with Gasteiger partial charge < -0.3 is 5.32 Å². The molecule has 0 rings (SSSR count). The summed E-state index contributed by atoms with van der Waals surface area (Å²) in [4.78, 5) is 0. The summed E-state index contributed by atoms with van der Waals surface area (Å²) in [5.74, 6) is 0.881. The second kappa shape index (κ2) is 5.72. The summed E-state index contributed by atoms with van der Waals surface area (Å²) in [5.41, 5.74) is 0. The first-order valence-corrected chi connectivity index (χ1v) is 4.40. The van der Waals surface area contributed by atoms with E-state index < -0.39 is 0 Å². The molecule has 10 heavy (non-hydrogen) atoms. The Morgan fingerprint density at radius 1 is 1.20 bits per heavy atom. The molecule has 0 bridgehead atoms. The first-order chi connectivity index (χ1) is 4.66. The van der Waals surface area contributed by atoms with Crippen LogP contribution in [0.2, 0.25) is 0 Å². The highest BCUT2D eigenvalue weighted by atomic mass is 14.9. The molecule has 0 aliphatic carbocycles. The lowest BCUT2D eigenvalue weighted by Crippen LogP contribution is -2.24. The summed E-state index contributed by atoms with van der Waals surface area (Å²) in [6.45, 7) is 10.1. The van der Waals surface area contributed by atoms with Gasteiger partial charge in [-0.1, -0.05) is 34.1 Å². The number of hydrogen-bond donors (Lipinski definition) is 1. The molecular weight excluding hydrogens is 122 g/mol. The van der Waals surface area contributed by atoms with Crippen molar-refractivity contribution in [2.45, 2.75) is 46.6 Å². The highest BCUT2D eigenvalue weighted by Gasteiger charge is 1.97. The van der Waals surface area contributed by atoms with E-state index >= 15 is 0 Å². The van der Waals surface area contributed by atoms with E-state index in [1.54, 1.807) is 0 Å². The van der Waals surface area contributed by atoms with E-state index in [4.69, 9.17) is 0 Å². The monoisotopic (exact) mass is 143 g/mol. The van der Waals surface area contributed by atoms with E-state index in [2.05, 4.69) is 33.0 Å². The normalized spacial score (nSPS) is 14.1. The summed E-state index contributed by atoms with van der Waals surface area (Å²) >= 11 is 0. The van der Waals surface area contributed by atoms with E-state index in [9.17, 15) is 0 Å². The molecule has 0 saturated heterocycles. The van der Waals surface area contributed by atoms with E-state index in [0.717, 1.165) is 5.92 Å². The molecule has 0 saturated carbocycles. The molecule has 0 amide bonds. The van der Waals surface area contributed by atoms with E-state index in [1.807, 2.05) is 0 Å². The fourth-order valence-electron chi connectivity index (χ4n) is 0.823. The summed E-state index contributed by atoms with van der Waals surface area (Å²) in [5, 5.41) is 3.41. The van der Waals surface area contributed by atoms with Crippen LogP contribution < -0.4 is 5.32 Å². The lowest BCUT2D eigenvalue weighted by atomic mass is 10.1. The number of nitrogens with one attached hydrogen (secondary N) is 1. The molecule has 1 N–H and O–H groups in total. The molecule has 0 aromatic heterocycles. The van der Waals surface area contributed by atoms with Crippen LogP contribution in [0.4, 0.5) is 0 Å². The Bertz CT molecular complexity index is 69.1. The molecule has 0 aromatic rings. The molecule has 1 heteroatoms. The van der Waals surface area contributed by atoms with Crippen LogP contribution in [-0.4, -0.2) is 12.6 Å². The topological polar surface area (TPSA) is 12.0 Å². The number of hydrogen-bond acceptors (Lipinski definition) is 1. The highest BCUT2D eigenvalue weighted by Crippen LogP contribution is 2.04. The third kappa shape index (κ3) is 6.09. The van der Waals surface area contributed by atoms with Crippen molar-refractivity contribution in [2.75, 3.05) is 6.54 Å². The van der Waals surface area contributed by atoms with Crippen LogP contribution in [0.1, 0.15) is 40.5 Å². The average molecular weight is 143 g/mol. The maximum absolute atomic E-state index is 3.41. The lowest BCUT2D eigenvalue weighted by molar-refractivity contribution is 0.468. The molecule has 62 valence electrons. The van der Waals surface area contributed by atoms with Crippen molar-refractivity contribution < 1.29 is 0 Å². The smallest absolute Gasteiger partial charge is 0.00103 e. The quantitative estimate of drug-likeness (QED) is 0.623. The van der Waals surface area contributed by atoms with Gasteiger partial charge in [0.05, 0.1) is 0 Å². The van der Waals surface area contributed by atoms with Crippen molar-refractivity contribution in [3.63, 3.8) is 0 Å². The summed E-state index contributed by atoms with van der Waals surface area (Å²) in [7, 11) is 0. The maximum Gasteiger partial charge on any atom is 0.00103 e. The highest BCUT2D eigenvalue weighted by molar-refractivity contribution is 4.56. The van der Waals surface area contributed by atoms with Crippen molar-refractivity contribution in [1.82, 2.24) is 5.32 Å². The molecule has 0 spiro atoms. The van der Waals surface area contributed by atoms with Gasteiger partial charge in [0.1, 0.15) is 0 Å². The van der Waals surface area contributed by atoms with Gasteiger partial charge >= 0.3 is 0 Å². The Hall–Kier alpha value is -0.0400. The lowest BCUT2D eigenvalue weighted by Gasteiger charge is -2.11. The van der Waals surface area contributed by atoms with Gasteiger partial charge in [-0.05, 0) is 18.9 Å². The minimum atomic E-state index is 0.643. The van der Waals surface area contributed by atoms with E-state index in [-0.39, 0.29) is 0 Å². The van der Waals surface area contributed by atoms with Gasteiger partial charge in [0.25, 0.3) is 0 Å². The van der Waals surface area contributed by atoms with Crippen LogP contribution >= 0.6 is 0 Å². The largest absolute Gasteiger partial charge is 0.315 e. The zero-order chi connectivity index (χ0) is 7.98. The van der Waals surface area contributed by atoms with Crippen LogP contribution in [0, 0.1) is 5.92 Å². The SMILES string of the molecule is CC[C@@H](C)CCNC(C)C. The molecule has 0 aliphatic rings. The van der Waals surface area contributed by atoms with Gasteiger partial charge in [-0.2, -0.15) is 0 Å². The summed E-state index contributed by atoms with van der Waals surface area (Å²) < 4.78 is 0. The Balaban J connectivity index is 3.03. The fourth-order valence-corrected chi connectivity index (χ4v) is 0.823. The third-order valence-electron chi connectivity index (χ3n) is 1.89. The van der Waals surface area contributed by atoms with Crippen LogP contribution in [-0.2, 0) is 0 Å². The molecule has 0 heterocycles. The molecule has 0 unspecified atom stereocenters. The van der Waals surface area contributed by atoms with Crippen molar-refractivity contribution >= 4 is 0 Å². The van der Waals surface area contributed by atoms with Gasteiger partial charge in [0.2, 0.25) is 0 Å². The van der Waals surface area contributed by atoms with Crippen molar-refractivity contribution in [3.8, 4) is 0 Å². The Kier molecular flexibility index (Phi) is 5.70. The Labute approximate surface area is 65.2 Å². The zero-order valence-corrected chi connectivity index (χ0v) is 7.78. The van der Waals surface area contributed by atoms with Crippen LogP contribution in [0.15, 0.2) is 0 Å². The standard InChI is InChI=1S/C9H21N/c1-5-9(4)6-7-10-8(2)3/h8-10H,5-7H2,1-4H3/t9-/m1/s1. The molecule has 0 aliphatic heterocycles. The molecule has 0 radical (unpaired) electrons. The Morgan fingerprint density at radius 3 is 2.20 bits per heavy atom. The molecule has 1 nitrogen and oxygen atoms in total. The van der Waals surface area contributed by atoms with Gasteiger partial charge in [0.15, 0.2) is 0 Å². The third-order valence-corrected chi connectivity index (χ3v) is 1.89. The van der Waals surface area contributed by atoms with Crippen LogP contribution in [0.5, 0.6) is 0 Å². The maximum atomic E-state index is 3.41. The van der Waals surface area contributed by atoms with Gasteiger partial charge in [-0.25, -0.2) is 0 Å². The second-order valence-corrected chi connectivity index (χ2v) is 3.41. The van der Waals surface area contributed by atoms with Gasteiger partial charge in [-0.3, -0.25) is 0 Å².